The van der Waals surface area contributed by atoms with Gasteiger partial charge in [0.2, 0.25) is 0 Å². The maximum absolute atomic E-state index is 12.6. The predicted molar refractivity (Wildman–Crippen MR) is 102 cm³/mol. The largest absolute Gasteiger partial charge is 0.497 e. The molecule has 3 aromatic rings. The third-order valence-electron chi connectivity index (χ3n) is 4.39. The highest BCUT2D eigenvalue weighted by Crippen LogP contribution is 2.23. The summed E-state index contributed by atoms with van der Waals surface area (Å²) in [4.78, 5) is 24.9. The van der Waals surface area contributed by atoms with Crippen molar-refractivity contribution in [3.63, 3.8) is 0 Å². The van der Waals surface area contributed by atoms with E-state index < -0.39 is 0 Å². The standard InChI is InChI=1S/C21H22N2O3/c1-14(2)23-12-11-17-18(5-4-6-19(17)23)21(25)22-13-20(24)15-7-9-16(26-3)10-8-15/h4-12,14H,13H2,1-3H3,(H,22,25). The van der Waals surface area contributed by atoms with Gasteiger partial charge in [-0.2, -0.15) is 0 Å². The van der Waals surface area contributed by atoms with E-state index in [0.29, 0.717) is 22.9 Å². The van der Waals surface area contributed by atoms with Gasteiger partial charge in [0.05, 0.1) is 13.7 Å². The van der Waals surface area contributed by atoms with Gasteiger partial charge in [-0.3, -0.25) is 9.59 Å². The number of hydrogen-bond donors (Lipinski definition) is 1. The summed E-state index contributed by atoms with van der Waals surface area (Å²) in [5.74, 6) is 0.291. The number of nitrogens with one attached hydrogen (secondary N) is 1. The van der Waals surface area contributed by atoms with Gasteiger partial charge in [0, 0.05) is 34.3 Å². The van der Waals surface area contributed by atoms with Crippen LogP contribution in [0, 0.1) is 0 Å². The summed E-state index contributed by atoms with van der Waals surface area (Å²) in [6.45, 7) is 4.14. The zero-order chi connectivity index (χ0) is 18.7. The van der Waals surface area contributed by atoms with Gasteiger partial charge < -0.3 is 14.6 Å². The molecule has 2 aromatic carbocycles. The second-order valence-electron chi connectivity index (χ2n) is 6.39. The predicted octanol–water partition coefficient (Wildman–Crippen LogP) is 3.84. The van der Waals surface area contributed by atoms with Gasteiger partial charge >= 0.3 is 0 Å². The number of aromatic nitrogens is 1. The van der Waals surface area contributed by atoms with E-state index in [0.717, 1.165) is 10.9 Å². The highest BCUT2D eigenvalue weighted by Gasteiger charge is 2.14. The van der Waals surface area contributed by atoms with Gasteiger partial charge in [0.15, 0.2) is 5.78 Å². The average molecular weight is 350 g/mol. The lowest BCUT2D eigenvalue weighted by atomic mass is 10.1. The van der Waals surface area contributed by atoms with E-state index in [1.54, 1.807) is 37.4 Å². The van der Waals surface area contributed by atoms with E-state index in [-0.39, 0.29) is 18.2 Å². The number of ether oxygens (including phenoxy) is 1. The van der Waals surface area contributed by atoms with Crippen molar-refractivity contribution in [2.75, 3.05) is 13.7 Å². The number of ketones is 1. The lowest BCUT2D eigenvalue weighted by Crippen LogP contribution is -2.29. The first-order valence-electron chi connectivity index (χ1n) is 8.56. The maximum atomic E-state index is 12.6. The first kappa shape index (κ1) is 17.7. The van der Waals surface area contributed by atoms with Gasteiger partial charge in [0.25, 0.3) is 5.91 Å². The molecule has 0 saturated heterocycles. The zero-order valence-corrected chi connectivity index (χ0v) is 15.2. The smallest absolute Gasteiger partial charge is 0.252 e. The van der Waals surface area contributed by atoms with Crippen LogP contribution >= 0.6 is 0 Å². The summed E-state index contributed by atoms with van der Waals surface area (Å²) in [6.07, 6.45) is 1.98. The molecule has 0 spiro atoms. The van der Waals surface area contributed by atoms with Crippen LogP contribution in [0.25, 0.3) is 10.9 Å². The first-order chi connectivity index (χ1) is 12.5. The molecule has 0 fully saturated rings. The molecule has 1 N–H and O–H groups in total. The number of carbonyl (C=O) groups is 2. The van der Waals surface area contributed by atoms with Crippen LogP contribution < -0.4 is 10.1 Å². The summed E-state index contributed by atoms with van der Waals surface area (Å²) in [7, 11) is 1.57. The normalized spacial score (nSPS) is 10.9. The molecule has 3 rings (SSSR count). The Morgan fingerprint density at radius 3 is 2.46 bits per heavy atom. The first-order valence-corrected chi connectivity index (χ1v) is 8.56. The molecule has 0 aliphatic carbocycles. The van der Waals surface area contributed by atoms with Crippen LogP contribution in [-0.4, -0.2) is 29.9 Å². The Hall–Kier alpha value is -3.08. The van der Waals surface area contributed by atoms with E-state index in [9.17, 15) is 9.59 Å². The van der Waals surface area contributed by atoms with Crippen molar-refractivity contribution in [2.45, 2.75) is 19.9 Å². The van der Waals surface area contributed by atoms with E-state index in [1.165, 1.54) is 0 Å². The minimum absolute atomic E-state index is 0.0492. The Kier molecular flexibility index (Phi) is 5.07. The number of nitrogens with zero attached hydrogens (tertiary/aromatic N) is 1. The number of methoxy groups -OCH3 is 1. The van der Waals surface area contributed by atoms with Crippen molar-refractivity contribution in [2.24, 2.45) is 0 Å². The van der Waals surface area contributed by atoms with Crippen molar-refractivity contribution in [3.8, 4) is 5.75 Å². The zero-order valence-electron chi connectivity index (χ0n) is 15.2. The molecule has 0 unspecified atom stereocenters. The van der Waals surface area contributed by atoms with Crippen LogP contribution in [0.2, 0.25) is 0 Å². The fourth-order valence-corrected chi connectivity index (χ4v) is 2.97. The minimum atomic E-state index is -0.251. The summed E-state index contributed by atoms with van der Waals surface area (Å²) in [5, 5.41) is 3.61. The molecule has 0 aliphatic heterocycles. The molecule has 0 aliphatic rings. The molecule has 0 saturated carbocycles. The van der Waals surface area contributed by atoms with Crippen LogP contribution in [0.4, 0.5) is 0 Å². The van der Waals surface area contributed by atoms with Crippen molar-refractivity contribution >= 4 is 22.6 Å². The Morgan fingerprint density at radius 2 is 1.81 bits per heavy atom. The number of rotatable bonds is 6. The summed E-state index contributed by atoms with van der Waals surface area (Å²) >= 11 is 0. The number of fused-ring (bicyclic) bond motifs is 1. The molecular weight excluding hydrogens is 328 g/mol. The molecule has 1 amide bonds. The highest BCUT2D eigenvalue weighted by molar-refractivity contribution is 6.08. The van der Waals surface area contributed by atoms with Crippen molar-refractivity contribution in [1.82, 2.24) is 9.88 Å². The minimum Gasteiger partial charge on any atom is -0.497 e. The Bertz CT molecular complexity index is 940. The van der Waals surface area contributed by atoms with Crippen LogP contribution in [0.15, 0.2) is 54.7 Å². The van der Waals surface area contributed by atoms with E-state index in [1.807, 2.05) is 24.4 Å². The molecule has 0 radical (unpaired) electrons. The molecule has 1 aromatic heterocycles. The molecule has 0 atom stereocenters. The van der Waals surface area contributed by atoms with E-state index in [4.69, 9.17) is 4.74 Å². The number of Topliss-reactive ketones (excluding diaryl/α,β-unsaturated/α-hetero) is 1. The molecule has 134 valence electrons. The lowest BCUT2D eigenvalue weighted by molar-refractivity contribution is 0.0905. The van der Waals surface area contributed by atoms with Crippen LogP contribution in [-0.2, 0) is 0 Å². The Balaban J connectivity index is 1.74. The number of benzene rings is 2. The summed E-state index contributed by atoms with van der Waals surface area (Å²) < 4.78 is 7.20. The van der Waals surface area contributed by atoms with Crippen LogP contribution in [0.5, 0.6) is 5.75 Å². The Morgan fingerprint density at radius 1 is 1.08 bits per heavy atom. The fourth-order valence-electron chi connectivity index (χ4n) is 2.97. The Labute approximate surface area is 152 Å². The summed E-state index contributed by atoms with van der Waals surface area (Å²) in [5.41, 5.74) is 2.12. The van der Waals surface area contributed by atoms with Crippen LogP contribution in [0.1, 0.15) is 40.6 Å². The average Bonchev–Trinajstić information content (AvgIpc) is 3.10. The van der Waals surface area contributed by atoms with Gasteiger partial charge in [-0.1, -0.05) is 6.07 Å². The quantitative estimate of drug-likeness (QED) is 0.687. The molecule has 5 nitrogen and oxygen atoms in total. The van der Waals surface area contributed by atoms with Gasteiger partial charge in [-0.15, -0.1) is 0 Å². The molecule has 1 heterocycles. The summed E-state index contributed by atoms with van der Waals surface area (Å²) in [6, 6.07) is 14.7. The molecule has 0 bridgehead atoms. The maximum Gasteiger partial charge on any atom is 0.252 e. The topological polar surface area (TPSA) is 60.3 Å². The monoisotopic (exact) mass is 350 g/mol. The van der Waals surface area contributed by atoms with E-state index >= 15 is 0 Å². The third-order valence-corrected chi connectivity index (χ3v) is 4.39. The molecule has 26 heavy (non-hydrogen) atoms. The molecular formula is C21H22N2O3. The van der Waals surface area contributed by atoms with E-state index in [2.05, 4.69) is 23.7 Å². The fraction of sp³-hybridized carbons (Fsp3) is 0.238. The SMILES string of the molecule is COc1ccc(C(=O)CNC(=O)c2cccc3c2ccn3C(C)C)cc1. The van der Waals surface area contributed by atoms with Crippen molar-refractivity contribution < 1.29 is 14.3 Å². The third kappa shape index (κ3) is 3.47. The van der Waals surface area contributed by atoms with Gasteiger partial charge in [-0.25, -0.2) is 0 Å². The molecule has 5 heteroatoms. The van der Waals surface area contributed by atoms with Gasteiger partial charge in [-0.05, 0) is 56.3 Å². The van der Waals surface area contributed by atoms with Crippen molar-refractivity contribution in [3.05, 3.63) is 65.9 Å². The number of amides is 1. The van der Waals surface area contributed by atoms with Gasteiger partial charge in [0.1, 0.15) is 5.75 Å². The van der Waals surface area contributed by atoms with Crippen LogP contribution in [0.3, 0.4) is 0 Å². The second kappa shape index (κ2) is 7.44. The second-order valence-corrected chi connectivity index (χ2v) is 6.39. The van der Waals surface area contributed by atoms with Crippen molar-refractivity contribution in [1.29, 1.82) is 0 Å². The number of hydrogen-bond acceptors (Lipinski definition) is 3. The highest BCUT2D eigenvalue weighted by atomic mass is 16.5. The lowest BCUT2D eigenvalue weighted by Gasteiger charge is -2.10. The number of carbonyl (C=O) groups excluding carboxylic acids is 2.